The van der Waals surface area contributed by atoms with Crippen molar-refractivity contribution < 1.29 is 18.5 Å². The first-order valence-corrected chi connectivity index (χ1v) is 10.4. The van der Waals surface area contributed by atoms with E-state index in [1.807, 2.05) is 27.7 Å². The average Bonchev–Trinajstić information content (AvgIpc) is 2.49. The molecule has 2 rings (SSSR count). The zero-order valence-electron chi connectivity index (χ0n) is 15.4. The molecule has 0 N–H and O–H groups in total. The van der Waals surface area contributed by atoms with Crippen molar-refractivity contribution in [2.75, 3.05) is 18.6 Å². The normalized spacial score (nSPS) is 22.5. The van der Waals surface area contributed by atoms with E-state index in [1.54, 1.807) is 35.2 Å². The molecule has 138 valence electrons. The fourth-order valence-corrected chi connectivity index (χ4v) is 4.39. The van der Waals surface area contributed by atoms with Gasteiger partial charge in [0.15, 0.2) is 0 Å². The van der Waals surface area contributed by atoms with Crippen molar-refractivity contribution in [1.29, 1.82) is 0 Å². The van der Waals surface area contributed by atoms with E-state index in [-0.39, 0.29) is 23.8 Å². The van der Waals surface area contributed by atoms with Crippen LogP contribution in [0.4, 0.5) is 4.79 Å². The fourth-order valence-electron chi connectivity index (χ4n) is 2.68. The number of amides is 2. The summed E-state index contributed by atoms with van der Waals surface area (Å²) in [5.74, 6) is -0.145. The van der Waals surface area contributed by atoms with Gasteiger partial charge in [-0.05, 0) is 39.8 Å². The number of carbonyl (C=O) groups is 2. The van der Waals surface area contributed by atoms with E-state index < -0.39 is 21.2 Å². The smallest absolute Gasteiger partial charge is 0.410 e. The minimum Gasteiger partial charge on any atom is -0.444 e. The fraction of sp³-hybridized carbons (Fsp3) is 0.556. The zero-order chi connectivity index (χ0) is 18.8. The molecular weight excluding hydrogens is 340 g/mol. The van der Waals surface area contributed by atoms with E-state index in [9.17, 15) is 13.8 Å². The van der Waals surface area contributed by atoms with Gasteiger partial charge in [0.05, 0.1) is 9.73 Å². The second-order valence-corrected chi connectivity index (χ2v) is 9.96. The molecule has 0 aromatic heterocycles. The van der Waals surface area contributed by atoms with Crippen molar-refractivity contribution in [2.45, 2.75) is 39.3 Å². The largest absolute Gasteiger partial charge is 0.444 e. The molecule has 7 heteroatoms. The molecule has 0 radical (unpaired) electrons. The molecule has 1 aromatic carbocycles. The molecule has 0 bridgehead atoms. The van der Waals surface area contributed by atoms with Crippen LogP contribution in [0, 0.1) is 5.92 Å². The number of benzene rings is 1. The van der Waals surface area contributed by atoms with Gasteiger partial charge in [-0.25, -0.2) is 9.00 Å². The maximum absolute atomic E-state index is 12.7. The molecule has 25 heavy (non-hydrogen) atoms. The van der Waals surface area contributed by atoms with Crippen LogP contribution in [0.3, 0.4) is 0 Å². The third kappa shape index (κ3) is 5.29. The first-order chi connectivity index (χ1) is 11.5. The van der Waals surface area contributed by atoms with Crippen LogP contribution in [0.15, 0.2) is 34.7 Å². The highest BCUT2D eigenvalue weighted by Crippen LogP contribution is 2.28. The van der Waals surface area contributed by atoms with E-state index in [4.69, 9.17) is 4.74 Å². The highest BCUT2D eigenvalue weighted by atomic mass is 32.2. The van der Waals surface area contributed by atoms with E-state index in [2.05, 4.69) is 4.36 Å². The molecule has 1 saturated heterocycles. The quantitative estimate of drug-likeness (QED) is 0.823. The summed E-state index contributed by atoms with van der Waals surface area (Å²) < 4.78 is 22.0. The molecule has 0 saturated carbocycles. The van der Waals surface area contributed by atoms with Gasteiger partial charge in [-0.2, -0.15) is 4.36 Å². The summed E-state index contributed by atoms with van der Waals surface area (Å²) in [4.78, 5) is 25.8. The van der Waals surface area contributed by atoms with E-state index in [1.165, 1.54) is 6.26 Å². The molecule has 1 aliphatic rings. The molecule has 2 amide bonds. The second kappa shape index (κ2) is 7.15. The lowest BCUT2D eigenvalue weighted by Crippen LogP contribution is -2.59. The molecule has 6 nitrogen and oxygen atoms in total. The van der Waals surface area contributed by atoms with Crippen LogP contribution in [0.25, 0.3) is 0 Å². The van der Waals surface area contributed by atoms with Crippen molar-refractivity contribution >= 4 is 21.7 Å². The maximum Gasteiger partial charge on any atom is 0.410 e. The van der Waals surface area contributed by atoms with Crippen molar-refractivity contribution in [3.8, 4) is 0 Å². The number of carbonyl (C=O) groups excluding carboxylic acids is 2. The predicted octanol–water partition coefficient (Wildman–Crippen LogP) is 3.18. The van der Waals surface area contributed by atoms with Crippen molar-refractivity contribution in [3.63, 3.8) is 0 Å². The van der Waals surface area contributed by atoms with Gasteiger partial charge in [-0.1, -0.05) is 18.2 Å². The van der Waals surface area contributed by atoms with Crippen LogP contribution in [0.1, 0.15) is 38.1 Å². The summed E-state index contributed by atoms with van der Waals surface area (Å²) in [5.41, 5.74) is -0.119. The Hall–Kier alpha value is -1.89. The van der Waals surface area contributed by atoms with Gasteiger partial charge in [-0.3, -0.25) is 4.79 Å². The lowest BCUT2D eigenvalue weighted by atomic mass is 9.92. The van der Waals surface area contributed by atoms with Crippen LogP contribution in [-0.4, -0.2) is 51.3 Å². The van der Waals surface area contributed by atoms with Gasteiger partial charge in [0.25, 0.3) is 5.91 Å². The first-order valence-electron chi connectivity index (χ1n) is 8.27. The minimum atomic E-state index is -2.66. The summed E-state index contributed by atoms with van der Waals surface area (Å²) in [6, 6.07) is 8.51. The molecular formula is C18H26N2O4S. The standard InChI is InChI=1S/C18H26N2O4S/c1-13-15(11-20(13)17(22)24-18(2,3)4)12-25(5,23)19-16(21)14-9-7-6-8-10-14/h6-10,13,15H,11-12H2,1-5H3/t13-,15-,25+/m0/s1. The number of ether oxygens (including phenoxy) is 1. The summed E-state index contributed by atoms with van der Waals surface area (Å²) in [6.07, 6.45) is 1.13. The van der Waals surface area contributed by atoms with Gasteiger partial charge in [0.1, 0.15) is 5.60 Å². The maximum atomic E-state index is 12.7. The van der Waals surface area contributed by atoms with Crippen molar-refractivity contribution in [2.24, 2.45) is 10.3 Å². The van der Waals surface area contributed by atoms with Crippen LogP contribution >= 0.6 is 0 Å². The molecule has 1 fully saturated rings. The van der Waals surface area contributed by atoms with E-state index in [0.717, 1.165) is 0 Å². The molecule has 0 unspecified atom stereocenters. The minimum absolute atomic E-state index is 0.0392. The van der Waals surface area contributed by atoms with Crippen LogP contribution < -0.4 is 0 Å². The molecule has 3 atom stereocenters. The molecule has 0 aliphatic carbocycles. The summed E-state index contributed by atoms with van der Waals surface area (Å²) in [7, 11) is -2.66. The van der Waals surface area contributed by atoms with Gasteiger partial charge in [0, 0.05) is 36.1 Å². The Bertz CT molecular complexity index is 761. The molecule has 0 spiro atoms. The Balaban J connectivity index is 1.98. The SMILES string of the molecule is C[C@H]1[C@H](C[S@@](C)(=O)=NC(=O)c2ccccc2)CN1C(=O)OC(C)(C)C. The molecule has 1 aromatic rings. The van der Waals surface area contributed by atoms with Crippen molar-refractivity contribution in [1.82, 2.24) is 4.90 Å². The number of nitrogens with zero attached hydrogens (tertiary/aromatic N) is 2. The third-order valence-electron chi connectivity index (χ3n) is 4.05. The van der Waals surface area contributed by atoms with E-state index in [0.29, 0.717) is 12.1 Å². The van der Waals surface area contributed by atoms with Gasteiger partial charge in [-0.15, -0.1) is 0 Å². The average molecular weight is 366 g/mol. The van der Waals surface area contributed by atoms with Crippen LogP contribution in [0.5, 0.6) is 0 Å². The monoisotopic (exact) mass is 366 g/mol. The van der Waals surface area contributed by atoms with E-state index >= 15 is 0 Å². The van der Waals surface area contributed by atoms with Crippen LogP contribution in [-0.2, 0) is 14.5 Å². The Morgan fingerprint density at radius 3 is 2.40 bits per heavy atom. The summed E-state index contributed by atoms with van der Waals surface area (Å²) >= 11 is 0. The van der Waals surface area contributed by atoms with Gasteiger partial charge in [0.2, 0.25) is 0 Å². The molecule has 1 heterocycles. The zero-order valence-corrected chi connectivity index (χ0v) is 16.2. The predicted molar refractivity (Wildman–Crippen MR) is 98.0 cm³/mol. The lowest BCUT2D eigenvalue weighted by Gasteiger charge is -2.46. The highest BCUT2D eigenvalue weighted by molar-refractivity contribution is 7.93. The number of rotatable bonds is 3. The Kier molecular flexibility index (Phi) is 5.56. The lowest BCUT2D eigenvalue weighted by molar-refractivity contribution is -0.0201. The van der Waals surface area contributed by atoms with Gasteiger partial charge < -0.3 is 9.64 Å². The Labute approximate surface area is 149 Å². The Morgan fingerprint density at radius 1 is 1.28 bits per heavy atom. The van der Waals surface area contributed by atoms with Gasteiger partial charge >= 0.3 is 6.09 Å². The number of likely N-dealkylation sites (tertiary alicyclic amines) is 1. The first kappa shape index (κ1) is 19.4. The molecule has 1 aliphatic heterocycles. The Morgan fingerprint density at radius 2 is 1.88 bits per heavy atom. The number of hydrogen-bond acceptors (Lipinski definition) is 4. The highest BCUT2D eigenvalue weighted by Gasteiger charge is 2.41. The number of hydrogen-bond donors (Lipinski definition) is 0. The second-order valence-electron chi connectivity index (χ2n) is 7.52. The topological polar surface area (TPSA) is 76.0 Å². The van der Waals surface area contributed by atoms with Crippen LogP contribution in [0.2, 0.25) is 0 Å². The summed E-state index contributed by atoms with van der Waals surface area (Å²) in [6.45, 7) is 7.82. The summed E-state index contributed by atoms with van der Waals surface area (Å²) in [5, 5.41) is 0. The van der Waals surface area contributed by atoms with Crippen molar-refractivity contribution in [3.05, 3.63) is 35.9 Å². The third-order valence-corrected chi connectivity index (χ3v) is 5.65.